The Morgan fingerprint density at radius 2 is 2.00 bits per heavy atom. The number of carbonyl (C=O) groups excluding carboxylic acids is 1. The van der Waals surface area contributed by atoms with Gasteiger partial charge in [0.25, 0.3) is 0 Å². The summed E-state index contributed by atoms with van der Waals surface area (Å²) in [5.41, 5.74) is 8.15. The molecule has 1 heterocycles. The minimum Gasteiger partial charge on any atom is -0.456 e. The predicted octanol–water partition coefficient (Wildman–Crippen LogP) is 3.60. The van der Waals surface area contributed by atoms with Crippen LogP contribution in [0.25, 0.3) is 0 Å². The first-order valence-electron chi connectivity index (χ1n) is 6.27. The standard InChI is InChI=1S/C15H13ClN2O2/c16-12-8-10(17)2-5-14(12)20-11-3-4-13-9(7-11)1-6-15(19)18-13/h2-5,7-8H,1,6,17H2,(H,18,19). The number of amides is 1. The van der Waals surface area contributed by atoms with E-state index in [0.717, 1.165) is 11.3 Å². The maximum atomic E-state index is 11.3. The van der Waals surface area contributed by atoms with Gasteiger partial charge < -0.3 is 15.8 Å². The van der Waals surface area contributed by atoms with Gasteiger partial charge in [-0.15, -0.1) is 0 Å². The lowest BCUT2D eigenvalue weighted by Gasteiger charge is -2.17. The Bertz CT molecular complexity index is 686. The van der Waals surface area contributed by atoms with Gasteiger partial charge in [-0.25, -0.2) is 0 Å². The van der Waals surface area contributed by atoms with Gasteiger partial charge in [0.15, 0.2) is 0 Å². The molecule has 0 radical (unpaired) electrons. The molecule has 0 saturated heterocycles. The van der Waals surface area contributed by atoms with Gasteiger partial charge in [-0.3, -0.25) is 4.79 Å². The molecular weight excluding hydrogens is 276 g/mol. The number of aryl methyl sites for hydroxylation is 1. The second-order valence-corrected chi connectivity index (χ2v) is 5.07. The largest absolute Gasteiger partial charge is 0.456 e. The SMILES string of the molecule is Nc1ccc(Oc2ccc3c(c2)CCC(=O)N3)c(Cl)c1. The number of fused-ring (bicyclic) bond motifs is 1. The fourth-order valence-corrected chi connectivity index (χ4v) is 2.38. The van der Waals surface area contributed by atoms with Crippen LogP contribution in [0.5, 0.6) is 11.5 Å². The van der Waals surface area contributed by atoms with Crippen molar-refractivity contribution in [2.24, 2.45) is 0 Å². The van der Waals surface area contributed by atoms with Crippen LogP contribution in [0.1, 0.15) is 12.0 Å². The van der Waals surface area contributed by atoms with Crippen molar-refractivity contribution in [3.05, 3.63) is 47.0 Å². The molecule has 0 saturated carbocycles. The highest BCUT2D eigenvalue weighted by atomic mass is 35.5. The average Bonchev–Trinajstić information content (AvgIpc) is 2.42. The lowest BCUT2D eigenvalue weighted by atomic mass is 10.0. The molecule has 20 heavy (non-hydrogen) atoms. The van der Waals surface area contributed by atoms with E-state index in [1.807, 2.05) is 12.1 Å². The van der Waals surface area contributed by atoms with Crippen LogP contribution < -0.4 is 15.8 Å². The van der Waals surface area contributed by atoms with Gasteiger partial charge in [0, 0.05) is 17.8 Å². The third-order valence-corrected chi connectivity index (χ3v) is 3.45. The van der Waals surface area contributed by atoms with Gasteiger partial charge in [-0.2, -0.15) is 0 Å². The van der Waals surface area contributed by atoms with E-state index in [4.69, 9.17) is 22.1 Å². The predicted molar refractivity (Wildman–Crippen MR) is 79.3 cm³/mol. The van der Waals surface area contributed by atoms with Crippen molar-refractivity contribution in [3.8, 4) is 11.5 Å². The van der Waals surface area contributed by atoms with Crippen molar-refractivity contribution in [1.82, 2.24) is 0 Å². The molecule has 5 heteroatoms. The Hall–Kier alpha value is -2.20. The van der Waals surface area contributed by atoms with Gasteiger partial charge >= 0.3 is 0 Å². The molecule has 0 aromatic heterocycles. The van der Waals surface area contributed by atoms with E-state index in [2.05, 4.69) is 5.32 Å². The molecule has 0 spiro atoms. The maximum absolute atomic E-state index is 11.3. The summed E-state index contributed by atoms with van der Waals surface area (Å²) in [6.07, 6.45) is 1.22. The van der Waals surface area contributed by atoms with Gasteiger partial charge in [0.2, 0.25) is 5.91 Å². The van der Waals surface area contributed by atoms with E-state index < -0.39 is 0 Å². The van der Waals surface area contributed by atoms with Crippen LogP contribution in [-0.2, 0) is 11.2 Å². The molecule has 0 bridgehead atoms. The van der Waals surface area contributed by atoms with Gasteiger partial charge in [-0.1, -0.05) is 11.6 Å². The zero-order valence-electron chi connectivity index (χ0n) is 10.7. The van der Waals surface area contributed by atoms with Crippen LogP contribution in [0.4, 0.5) is 11.4 Å². The van der Waals surface area contributed by atoms with Crippen molar-refractivity contribution >= 4 is 28.9 Å². The summed E-state index contributed by atoms with van der Waals surface area (Å²) in [5, 5.41) is 3.30. The zero-order valence-corrected chi connectivity index (χ0v) is 11.4. The molecule has 0 unspecified atom stereocenters. The highest BCUT2D eigenvalue weighted by Gasteiger charge is 2.15. The van der Waals surface area contributed by atoms with E-state index in [1.165, 1.54) is 0 Å². The second kappa shape index (κ2) is 5.06. The summed E-state index contributed by atoms with van der Waals surface area (Å²) >= 11 is 6.08. The van der Waals surface area contributed by atoms with Crippen molar-refractivity contribution < 1.29 is 9.53 Å². The number of hydrogen-bond donors (Lipinski definition) is 2. The number of benzene rings is 2. The fraction of sp³-hybridized carbons (Fsp3) is 0.133. The molecule has 2 aromatic rings. The van der Waals surface area contributed by atoms with Crippen LogP contribution in [0.15, 0.2) is 36.4 Å². The van der Waals surface area contributed by atoms with Gasteiger partial charge in [0.05, 0.1) is 5.02 Å². The number of anilines is 2. The van der Waals surface area contributed by atoms with Crippen LogP contribution in [0.3, 0.4) is 0 Å². The Kier molecular flexibility index (Phi) is 3.24. The smallest absolute Gasteiger partial charge is 0.224 e. The van der Waals surface area contributed by atoms with Crippen molar-refractivity contribution in [2.75, 3.05) is 11.1 Å². The minimum atomic E-state index is 0.0488. The zero-order chi connectivity index (χ0) is 14.1. The monoisotopic (exact) mass is 288 g/mol. The normalized spacial score (nSPS) is 13.6. The molecule has 3 N–H and O–H groups in total. The minimum absolute atomic E-state index is 0.0488. The van der Waals surface area contributed by atoms with E-state index in [9.17, 15) is 4.79 Å². The molecule has 3 rings (SSSR count). The highest BCUT2D eigenvalue weighted by molar-refractivity contribution is 6.32. The molecule has 0 fully saturated rings. The molecule has 1 aliphatic heterocycles. The van der Waals surface area contributed by atoms with Crippen molar-refractivity contribution in [2.45, 2.75) is 12.8 Å². The van der Waals surface area contributed by atoms with Crippen LogP contribution in [0, 0.1) is 0 Å². The summed E-state index contributed by atoms with van der Waals surface area (Å²) < 4.78 is 5.76. The number of nitrogens with two attached hydrogens (primary N) is 1. The molecule has 1 aliphatic rings. The molecule has 102 valence electrons. The first-order valence-corrected chi connectivity index (χ1v) is 6.65. The van der Waals surface area contributed by atoms with E-state index in [0.29, 0.717) is 35.1 Å². The van der Waals surface area contributed by atoms with E-state index in [1.54, 1.807) is 24.3 Å². The molecule has 1 amide bonds. The molecule has 2 aromatic carbocycles. The van der Waals surface area contributed by atoms with E-state index >= 15 is 0 Å². The fourth-order valence-electron chi connectivity index (χ4n) is 2.15. The lowest BCUT2D eigenvalue weighted by Crippen LogP contribution is -2.18. The van der Waals surface area contributed by atoms with Crippen LogP contribution in [-0.4, -0.2) is 5.91 Å². The number of halogens is 1. The molecular formula is C15H13ClN2O2. The number of nitrogens with one attached hydrogen (secondary N) is 1. The Labute approximate surface area is 121 Å². The van der Waals surface area contributed by atoms with Gasteiger partial charge in [0.1, 0.15) is 11.5 Å². The molecule has 4 nitrogen and oxygen atoms in total. The Balaban J connectivity index is 1.86. The summed E-state index contributed by atoms with van der Waals surface area (Å²) in [4.78, 5) is 11.3. The summed E-state index contributed by atoms with van der Waals surface area (Å²) in [7, 11) is 0. The van der Waals surface area contributed by atoms with E-state index in [-0.39, 0.29) is 5.91 Å². The Morgan fingerprint density at radius 1 is 1.15 bits per heavy atom. The first kappa shape index (κ1) is 12.8. The van der Waals surface area contributed by atoms with Gasteiger partial charge in [-0.05, 0) is 48.4 Å². The number of carbonyl (C=O) groups is 1. The number of hydrogen-bond acceptors (Lipinski definition) is 3. The summed E-state index contributed by atoms with van der Waals surface area (Å²) in [5.74, 6) is 1.29. The molecule has 0 aliphatic carbocycles. The average molecular weight is 289 g/mol. The summed E-state index contributed by atoms with van der Waals surface area (Å²) in [6, 6.07) is 10.7. The number of ether oxygens (including phenoxy) is 1. The third kappa shape index (κ3) is 2.56. The summed E-state index contributed by atoms with van der Waals surface area (Å²) in [6.45, 7) is 0. The highest BCUT2D eigenvalue weighted by Crippen LogP contribution is 2.33. The second-order valence-electron chi connectivity index (χ2n) is 4.66. The third-order valence-electron chi connectivity index (χ3n) is 3.16. The quantitative estimate of drug-likeness (QED) is 0.830. The van der Waals surface area contributed by atoms with Crippen molar-refractivity contribution in [3.63, 3.8) is 0 Å². The lowest BCUT2D eigenvalue weighted by molar-refractivity contribution is -0.116. The first-order chi connectivity index (χ1) is 9.61. The Morgan fingerprint density at radius 3 is 2.80 bits per heavy atom. The topological polar surface area (TPSA) is 64.3 Å². The molecule has 0 atom stereocenters. The van der Waals surface area contributed by atoms with Crippen LogP contribution >= 0.6 is 11.6 Å². The number of rotatable bonds is 2. The van der Waals surface area contributed by atoms with Crippen LogP contribution in [0.2, 0.25) is 5.02 Å². The maximum Gasteiger partial charge on any atom is 0.224 e. The van der Waals surface area contributed by atoms with Crippen molar-refractivity contribution in [1.29, 1.82) is 0 Å². The number of nitrogen functional groups attached to an aromatic ring is 1.